The Hall–Kier alpha value is -2.33. The number of nitrogens with zero attached hydrogens (tertiary/aromatic N) is 1. The molecule has 160 valence electrons. The summed E-state index contributed by atoms with van der Waals surface area (Å²) >= 11 is 0. The van der Waals surface area contributed by atoms with Gasteiger partial charge in [-0.3, -0.25) is 9.69 Å². The van der Waals surface area contributed by atoms with Gasteiger partial charge in [0, 0.05) is 17.5 Å². The number of benzene rings is 2. The Morgan fingerprint density at radius 2 is 1.97 bits per heavy atom. The number of piperidine rings is 1. The van der Waals surface area contributed by atoms with Crippen LogP contribution in [0.4, 0.5) is 0 Å². The highest BCUT2D eigenvalue weighted by Gasteiger charge is 2.36. The first-order valence-electron chi connectivity index (χ1n) is 11.4. The molecule has 1 fully saturated rings. The first-order chi connectivity index (χ1) is 14.6. The molecular formula is C26H33NO3. The number of likely N-dealkylation sites (tertiary alicyclic amines) is 1. The van der Waals surface area contributed by atoms with Crippen molar-refractivity contribution in [3.05, 3.63) is 59.7 Å². The normalized spacial score (nSPS) is 24.2. The molecule has 0 bridgehead atoms. The van der Waals surface area contributed by atoms with E-state index in [-0.39, 0.29) is 11.3 Å². The summed E-state index contributed by atoms with van der Waals surface area (Å²) in [4.78, 5) is 15.3. The van der Waals surface area contributed by atoms with Crippen molar-refractivity contribution in [3.8, 4) is 11.5 Å². The lowest BCUT2D eigenvalue weighted by molar-refractivity contribution is -0.126. The summed E-state index contributed by atoms with van der Waals surface area (Å²) in [6.07, 6.45) is 5.95. The van der Waals surface area contributed by atoms with Gasteiger partial charge in [0.15, 0.2) is 11.9 Å². The Morgan fingerprint density at radius 1 is 1.13 bits per heavy atom. The Morgan fingerprint density at radius 3 is 2.73 bits per heavy atom. The van der Waals surface area contributed by atoms with Crippen LogP contribution in [-0.2, 0) is 11.2 Å². The van der Waals surface area contributed by atoms with Crippen molar-refractivity contribution in [2.75, 3.05) is 19.7 Å². The number of hydrogen-bond donors (Lipinski definition) is 0. The second-order valence-corrected chi connectivity index (χ2v) is 8.53. The van der Waals surface area contributed by atoms with Gasteiger partial charge in [0.05, 0.1) is 6.61 Å². The molecule has 2 heterocycles. The van der Waals surface area contributed by atoms with Crippen LogP contribution in [0.2, 0.25) is 0 Å². The van der Waals surface area contributed by atoms with Gasteiger partial charge in [-0.25, -0.2) is 0 Å². The zero-order valence-corrected chi connectivity index (χ0v) is 18.2. The number of ether oxygens (including phenoxy) is 2. The zero-order chi connectivity index (χ0) is 21.0. The Labute approximate surface area is 180 Å². The van der Waals surface area contributed by atoms with Gasteiger partial charge < -0.3 is 9.47 Å². The molecule has 4 rings (SSSR count). The van der Waals surface area contributed by atoms with Gasteiger partial charge in [-0.2, -0.15) is 0 Å². The van der Waals surface area contributed by atoms with E-state index in [2.05, 4.69) is 18.7 Å². The number of carbonyl (C=O) groups excluding carboxylic acids is 1. The highest BCUT2D eigenvalue weighted by Crippen LogP contribution is 2.36. The van der Waals surface area contributed by atoms with E-state index in [0.717, 1.165) is 42.0 Å². The predicted molar refractivity (Wildman–Crippen MR) is 119 cm³/mol. The van der Waals surface area contributed by atoms with Crippen LogP contribution in [0, 0.1) is 0 Å². The van der Waals surface area contributed by atoms with E-state index in [1.165, 1.54) is 25.8 Å². The van der Waals surface area contributed by atoms with Crippen molar-refractivity contribution in [2.24, 2.45) is 0 Å². The molecule has 4 nitrogen and oxygen atoms in total. The third kappa shape index (κ3) is 4.24. The molecule has 0 N–H and O–H groups in total. The minimum atomic E-state index is -0.513. The van der Waals surface area contributed by atoms with Gasteiger partial charge in [-0.05, 0) is 62.5 Å². The maximum absolute atomic E-state index is 12.7. The standard InChI is InChI=1S/C26H33NO3/c1-3-26(14-8-9-16-27(26)4-2)15-17-29-22-12-13-24-21(18-22)19-23(28)25(30-24)20-10-6-5-7-11-20/h5-7,10-13,18,25H,3-4,8-9,14-17,19H2,1-2H3. The maximum atomic E-state index is 12.7. The molecule has 2 aliphatic rings. The summed E-state index contributed by atoms with van der Waals surface area (Å²) in [5.41, 5.74) is 2.09. The lowest BCUT2D eigenvalue weighted by Crippen LogP contribution is -2.52. The number of rotatable bonds is 7. The third-order valence-electron chi connectivity index (χ3n) is 6.90. The first-order valence-corrected chi connectivity index (χ1v) is 11.4. The number of carbonyl (C=O) groups is 1. The van der Waals surface area contributed by atoms with Crippen molar-refractivity contribution in [3.63, 3.8) is 0 Å². The fourth-order valence-electron chi connectivity index (χ4n) is 5.12. The molecule has 0 saturated carbocycles. The molecule has 0 radical (unpaired) electrons. The Kier molecular flexibility index (Phi) is 6.43. The molecular weight excluding hydrogens is 374 g/mol. The lowest BCUT2D eigenvalue weighted by atomic mass is 9.81. The van der Waals surface area contributed by atoms with Gasteiger partial charge >= 0.3 is 0 Å². The average molecular weight is 408 g/mol. The number of hydrogen-bond acceptors (Lipinski definition) is 4. The van der Waals surface area contributed by atoms with Crippen LogP contribution in [-0.4, -0.2) is 35.9 Å². The Balaban J connectivity index is 1.40. The van der Waals surface area contributed by atoms with Crippen molar-refractivity contribution in [1.82, 2.24) is 4.90 Å². The fraction of sp³-hybridized carbons (Fsp3) is 0.500. The summed E-state index contributed by atoms with van der Waals surface area (Å²) in [5, 5.41) is 0. The summed E-state index contributed by atoms with van der Waals surface area (Å²) < 4.78 is 12.2. The highest BCUT2D eigenvalue weighted by molar-refractivity contribution is 5.88. The topological polar surface area (TPSA) is 38.8 Å². The van der Waals surface area contributed by atoms with E-state index < -0.39 is 6.10 Å². The van der Waals surface area contributed by atoms with Crippen LogP contribution in [0.3, 0.4) is 0 Å². The molecule has 2 unspecified atom stereocenters. The van der Waals surface area contributed by atoms with Crippen molar-refractivity contribution >= 4 is 5.78 Å². The summed E-state index contributed by atoms with van der Waals surface area (Å²) in [6, 6.07) is 15.6. The van der Waals surface area contributed by atoms with Crippen LogP contribution in [0.1, 0.15) is 63.2 Å². The summed E-state index contributed by atoms with van der Waals surface area (Å²) in [6.45, 7) is 7.57. The van der Waals surface area contributed by atoms with Gasteiger partial charge in [-0.1, -0.05) is 50.6 Å². The summed E-state index contributed by atoms with van der Waals surface area (Å²) in [5.74, 6) is 1.70. The molecule has 0 spiro atoms. The SMILES string of the molecule is CCN1CCCCC1(CC)CCOc1ccc2c(c1)CC(=O)C(c1ccccc1)O2. The van der Waals surface area contributed by atoms with E-state index in [1.54, 1.807) is 0 Å². The van der Waals surface area contributed by atoms with Gasteiger partial charge in [0.2, 0.25) is 0 Å². The van der Waals surface area contributed by atoms with Crippen molar-refractivity contribution < 1.29 is 14.3 Å². The fourth-order valence-corrected chi connectivity index (χ4v) is 5.12. The highest BCUT2D eigenvalue weighted by atomic mass is 16.5. The average Bonchev–Trinajstić information content (AvgIpc) is 2.79. The number of fused-ring (bicyclic) bond motifs is 1. The second-order valence-electron chi connectivity index (χ2n) is 8.53. The van der Waals surface area contributed by atoms with Crippen molar-refractivity contribution in [1.29, 1.82) is 0 Å². The maximum Gasteiger partial charge on any atom is 0.182 e. The lowest BCUT2D eigenvalue weighted by Gasteiger charge is -2.47. The van der Waals surface area contributed by atoms with Crippen LogP contribution in [0.15, 0.2) is 48.5 Å². The molecule has 4 heteroatoms. The van der Waals surface area contributed by atoms with E-state index in [4.69, 9.17) is 9.47 Å². The summed E-state index contributed by atoms with van der Waals surface area (Å²) in [7, 11) is 0. The molecule has 30 heavy (non-hydrogen) atoms. The number of ketones is 1. The van der Waals surface area contributed by atoms with Gasteiger partial charge in [0.1, 0.15) is 11.5 Å². The molecule has 2 aromatic rings. The van der Waals surface area contributed by atoms with E-state index in [1.807, 2.05) is 48.5 Å². The smallest absolute Gasteiger partial charge is 0.182 e. The third-order valence-corrected chi connectivity index (χ3v) is 6.90. The van der Waals surface area contributed by atoms with Crippen molar-refractivity contribution in [2.45, 2.75) is 64.0 Å². The van der Waals surface area contributed by atoms with E-state index in [0.29, 0.717) is 13.0 Å². The molecule has 0 aromatic heterocycles. The molecule has 2 atom stereocenters. The van der Waals surface area contributed by atoms with E-state index >= 15 is 0 Å². The quantitative estimate of drug-likeness (QED) is 0.620. The minimum absolute atomic E-state index is 0.0941. The molecule has 0 amide bonds. The van der Waals surface area contributed by atoms with Gasteiger partial charge in [-0.15, -0.1) is 0 Å². The molecule has 2 aromatic carbocycles. The van der Waals surface area contributed by atoms with E-state index in [9.17, 15) is 4.79 Å². The monoisotopic (exact) mass is 407 g/mol. The van der Waals surface area contributed by atoms with Crippen LogP contribution in [0.25, 0.3) is 0 Å². The van der Waals surface area contributed by atoms with Gasteiger partial charge in [0.25, 0.3) is 0 Å². The predicted octanol–water partition coefficient (Wildman–Crippen LogP) is 5.36. The van der Waals surface area contributed by atoms with Crippen LogP contribution in [0.5, 0.6) is 11.5 Å². The van der Waals surface area contributed by atoms with Crippen LogP contribution >= 0.6 is 0 Å². The largest absolute Gasteiger partial charge is 0.494 e. The minimum Gasteiger partial charge on any atom is -0.494 e. The first kappa shape index (κ1) is 20.9. The van der Waals surface area contributed by atoms with Crippen LogP contribution < -0.4 is 9.47 Å². The number of Topliss-reactive ketones (excluding diaryl/α,β-unsaturated/α-hetero) is 1. The molecule has 0 aliphatic carbocycles. The second kappa shape index (κ2) is 9.22. The molecule has 2 aliphatic heterocycles. The zero-order valence-electron chi connectivity index (χ0n) is 18.2. The Bertz CT molecular complexity index is 866. The molecule has 1 saturated heterocycles.